The van der Waals surface area contributed by atoms with Gasteiger partial charge >= 0.3 is 11.7 Å². The van der Waals surface area contributed by atoms with Gasteiger partial charge in [0.1, 0.15) is 0 Å². The minimum Gasteiger partial charge on any atom is -0.502 e. The van der Waals surface area contributed by atoms with Crippen molar-refractivity contribution in [1.29, 1.82) is 0 Å². The summed E-state index contributed by atoms with van der Waals surface area (Å²) in [5.74, 6) is -0.506. The van der Waals surface area contributed by atoms with E-state index in [4.69, 9.17) is 0 Å². The second-order valence-corrected chi connectivity index (χ2v) is 4.41. The number of aromatic hydroxyl groups is 1. The molecule has 2 aromatic carbocycles. The maximum absolute atomic E-state index is 11.8. The van der Waals surface area contributed by atoms with Gasteiger partial charge in [0.25, 0.3) is 0 Å². The van der Waals surface area contributed by atoms with E-state index in [-0.39, 0.29) is 5.69 Å². The van der Waals surface area contributed by atoms with Crippen LogP contribution in [0.25, 0.3) is 0 Å². The zero-order valence-corrected chi connectivity index (χ0v) is 11.2. The molecular weight excluding hydrogens is 274 g/mol. The molecule has 2 amide bonds. The van der Waals surface area contributed by atoms with E-state index in [1.165, 1.54) is 6.07 Å². The largest absolute Gasteiger partial charge is 0.502 e. The molecule has 0 aliphatic carbocycles. The van der Waals surface area contributed by atoms with Crippen molar-refractivity contribution in [2.45, 2.75) is 6.92 Å². The third-order valence-electron chi connectivity index (χ3n) is 2.71. The molecular formula is C14H13N3O4. The number of phenolic OH excluding ortho intramolecular Hbond substituents is 1. The smallest absolute Gasteiger partial charge is 0.323 e. The first-order valence-electron chi connectivity index (χ1n) is 6.08. The lowest BCUT2D eigenvalue weighted by molar-refractivity contribution is -0.385. The van der Waals surface area contributed by atoms with Crippen LogP contribution in [0.5, 0.6) is 5.75 Å². The fraction of sp³-hybridized carbons (Fsp3) is 0.0714. The highest BCUT2D eigenvalue weighted by Gasteiger charge is 2.13. The predicted molar refractivity (Wildman–Crippen MR) is 78.6 cm³/mol. The molecule has 0 aromatic heterocycles. The summed E-state index contributed by atoms with van der Waals surface area (Å²) in [7, 11) is 0. The molecule has 0 heterocycles. The van der Waals surface area contributed by atoms with Gasteiger partial charge < -0.3 is 15.7 Å². The van der Waals surface area contributed by atoms with Crippen molar-refractivity contribution in [3.05, 3.63) is 58.1 Å². The molecule has 0 radical (unpaired) electrons. The highest BCUT2D eigenvalue weighted by atomic mass is 16.6. The molecule has 7 heteroatoms. The van der Waals surface area contributed by atoms with E-state index in [9.17, 15) is 20.0 Å². The lowest BCUT2D eigenvalue weighted by Gasteiger charge is -2.08. The fourth-order valence-corrected chi connectivity index (χ4v) is 1.77. The summed E-state index contributed by atoms with van der Waals surface area (Å²) < 4.78 is 0. The Morgan fingerprint density at radius 1 is 1.14 bits per heavy atom. The molecule has 108 valence electrons. The van der Waals surface area contributed by atoms with Crippen molar-refractivity contribution in [2.24, 2.45) is 0 Å². The topological polar surface area (TPSA) is 104 Å². The van der Waals surface area contributed by atoms with Crippen LogP contribution in [0.2, 0.25) is 0 Å². The molecule has 0 bridgehead atoms. The Hall–Kier alpha value is -3.09. The van der Waals surface area contributed by atoms with Crippen LogP contribution >= 0.6 is 0 Å². The number of rotatable bonds is 3. The molecule has 0 saturated heterocycles. The quantitative estimate of drug-likeness (QED) is 0.595. The van der Waals surface area contributed by atoms with Gasteiger partial charge in [0, 0.05) is 23.5 Å². The number of amides is 2. The average molecular weight is 287 g/mol. The van der Waals surface area contributed by atoms with Gasteiger partial charge in [0.15, 0.2) is 5.75 Å². The number of nitrogens with one attached hydrogen (secondary N) is 2. The van der Waals surface area contributed by atoms with Crippen LogP contribution in [0.1, 0.15) is 5.56 Å². The predicted octanol–water partition coefficient (Wildman–Crippen LogP) is 3.25. The highest BCUT2D eigenvalue weighted by molar-refractivity contribution is 6.00. The SMILES string of the molecule is Cc1cccc(NC(=O)Nc2ccc([N+](=O)[O-])c(O)c2)c1. The van der Waals surface area contributed by atoms with Crippen LogP contribution in [0.3, 0.4) is 0 Å². The van der Waals surface area contributed by atoms with E-state index < -0.39 is 22.4 Å². The molecule has 21 heavy (non-hydrogen) atoms. The lowest BCUT2D eigenvalue weighted by Crippen LogP contribution is -2.19. The van der Waals surface area contributed by atoms with Gasteiger partial charge in [-0.15, -0.1) is 0 Å². The van der Waals surface area contributed by atoms with Crippen molar-refractivity contribution in [1.82, 2.24) is 0 Å². The van der Waals surface area contributed by atoms with Gasteiger partial charge in [-0.2, -0.15) is 0 Å². The summed E-state index contributed by atoms with van der Waals surface area (Å²) in [6.45, 7) is 1.90. The van der Waals surface area contributed by atoms with Gasteiger partial charge in [-0.3, -0.25) is 10.1 Å². The number of hydrogen-bond acceptors (Lipinski definition) is 4. The van der Waals surface area contributed by atoms with Gasteiger partial charge in [0.05, 0.1) is 4.92 Å². The van der Waals surface area contributed by atoms with Crippen LogP contribution in [-0.4, -0.2) is 16.1 Å². The fourth-order valence-electron chi connectivity index (χ4n) is 1.77. The number of benzene rings is 2. The second kappa shape index (κ2) is 5.91. The summed E-state index contributed by atoms with van der Waals surface area (Å²) in [4.78, 5) is 21.7. The minimum atomic E-state index is -0.702. The zero-order valence-electron chi connectivity index (χ0n) is 11.2. The second-order valence-electron chi connectivity index (χ2n) is 4.41. The number of phenols is 1. The number of carbonyl (C=O) groups is 1. The van der Waals surface area contributed by atoms with E-state index in [0.29, 0.717) is 5.69 Å². The molecule has 2 aromatic rings. The molecule has 7 nitrogen and oxygen atoms in total. The van der Waals surface area contributed by atoms with E-state index in [1.807, 2.05) is 19.1 Å². The van der Waals surface area contributed by atoms with Crippen LogP contribution in [-0.2, 0) is 0 Å². The first kappa shape index (κ1) is 14.3. The number of urea groups is 1. The van der Waals surface area contributed by atoms with E-state index in [2.05, 4.69) is 10.6 Å². The van der Waals surface area contributed by atoms with Gasteiger partial charge in [-0.05, 0) is 30.7 Å². The Morgan fingerprint density at radius 3 is 2.38 bits per heavy atom. The average Bonchev–Trinajstić information content (AvgIpc) is 2.38. The monoisotopic (exact) mass is 287 g/mol. The van der Waals surface area contributed by atoms with Gasteiger partial charge in [-0.25, -0.2) is 4.79 Å². The Bertz CT molecular complexity index is 700. The Labute approximate surface area is 120 Å². The maximum Gasteiger partial charge on any atom is 0.323 e. The molecule has 0 fully saturated rings. The van der Waals surface area contributed by atoms with E-state index in [1.54, 1.807) is 12.1 Å². The number of carbonyl (C=O) groups excluding carboxylic acids is 1. The van der Waals surface area contributed by atoms with E-state index >= 15 is 0 Å². The number of nitrogens with zero attached hydrogens (tertiary/aromatic N) is 1. The zero-order chi connectivity index (χ0) is 15.4. The van der Waals surface area contributed by atoms with Crippen molar-refractivity contribution < 1.29 is 14.8 Å². The molecule has 0 aliphatic rings. The third-order valence-corrected chi connectivity index (χ3v) is 2.71. The van der Waals surface area contributed by atoms with Gasteiger partial charge in [0.2, 0.25) is 0 Å². The Balaban J connectivity index is 2.06. The van der Waals surface area contributed by atoms with Crippen LogP contribution in [0, 0.1) is 17.0 Å². The van der Waals surface area contributed by atoms with Crippen LogP contribution in [0.15, 0.2) is 42.5 Å². The third kappa shape index (κ3) is 3.69. The number of hydrogen-bond donors (Lipinski definition) is 3. The summed E-state index contributed by atoms with van der Waals surface area (Å²) in [5, 5.41) is 25.2. The molecule has 2 rings (SSSR count). The molecule has 0 saturated carbocycles. The summed E-state index contributed by atoms with van der Waals surface area (Å²) in [6, 6.07) is 10.3. The number of aryl methyl sites for hydroxylation is 1. The van der Waals surface area contributed by atoms with Crippen LogP contribution in [0.4, 0.5) is 21.9 Å². The standard InChI is InChI=1S/C14H13N3O4/c1-9-3-2-4-10(7-9)15-14(19)16-11-5-6-12(17(20)21)13(18)8-11/h2-8,18H,1H3,(H2,15,16,19). The highest BCUT2D eigenvalue weighted by Crippen LogP contribution is 2.28. The summed E-state index contributed by atoms with van der Waals surface area (Å²) in [5.41, 5.74) is 1.46. The molecule has 0 atom stereocenters. The number of nitro groups is 1. The molecule has 0 spiro atoms. The molecule has 0 unspecified atom stereocenters. The van der Waals surface area contributed by atoms with Crippen molar-refractivity contribution in [3.8, 4) is 5.75 Å². The first-order valence-corrected chi connectivity index (χ1v) is 6.08. The van der Waals surface area contributed by atoms with Crippen molar-refractivity contribution in [2.75, 3.05) is 10.6 Å². The normalized spacial score (nSPS) is 9.95. The Morgan fingerprint density at radius 2 is 1.81 bits per heavy atom. The summed E-state index contributed by atoms with van der Waals surface area (Å²) in [6.07, 6.45) is 0. The number of nitro benzene ring substituents is 1. The summed E-state index contributed by atoms with van der Waals surface area (Å²) >= 11 is 0. The minimum absolute atomic E-state index is 0.253. The molecule has 0 aliphatic heterocycles. The van der Waals surface area contributed by atoms with E-state index in [0.717, 1.165) is 17.7 Å². The lowest BCUT2D eigenvalue weighted by atomic mass is 10.2. The van der Waals surface area contributed by atoms with Crippen molar-refractivity contribution in [3.63, 3.8) is 0 Å². The number of anilines is 2. The van der Waals surface area contributed by atoms with Crippen molar-refractivity contribution >= 4 is 23.1 Å². The van der Waals surface area contributed by atoms with Crippen LogP contribution < -0.4 is 10.6 Å². The Kier molecular flexibility index (Phi) is 4.03. The maximum atomic E-state index is 11.8. The molecule has 3 N–H and O–H groups in total. The van der Waals surface area contributed by atoms with Gasteiger partial charge in [-0.1, -0.05) is 12.1 Å². The first-order chi connectivity index (χ1) is 9.95.